The molecule has 0 spiro atoms. The summed E-state index contributed by atoms with van der Waals surface area (Å²) in [4.78, 5) is 16.4. The lowest BCUT2D eigenvalue weighted by Crippen LogP contribution is -2.46. The molecule has 1 fully saturated rings. The second-order valence-electron chi connectivity index (χ2n) is 7.87. The number of halogens is 1. The summed E-state index contributed by atoms with van der Waals surface area (Å²) in [6, 6.07) is 7.94. The number of hydrogen-bond acceptors (Lipinski definition) is 3. The molecule has 29 heavy (non-hydrogen) atoms. The molecule has 1 aromatic rings. The molecule has 1 aromatic carbocycles. The van der Waals surface area contributed by atoms with Crippen LogP contribution in [0.5, 0.6) is 0 Å². The molecule has 0 heterocycles. The van der Waals surface area contributed by atoms with Crippen LogP contribution in [0.25, 0.3) is 0 Å². The molecule has 1 aliphatic carbocycles. The minimum atomic E-state index is 0. The van der Waals surface area contributed by atoms with E-state index in [-0.39, 0.29) is 35.8 Å². The smallest absolute Gasteiger partial charge is 0.227 e. The van der Waals surface area contributed by atoms with E-state index in [1.54, 1.807) is 14.2 Å². The average molecular weight is 516 g/mol. The van der Waals surface area contributed by atoms with Gasteiger partial charge in [-0.15, -0.1) is 24.0 Å². The molecule has 1 saturated carbocycles. The Morgan fingerprint density at radius 1 is 1.31 bits per heavy atom. The van der Waals surface area contributed by atoms with E-state index in [0.717, 1.165) is 43.2 Å². The molecule has 0 radical (unpaired) electrons. The maximum absolute atomic E-state index is 12.1. The van der Waals surface area contributed by atoms with Gasteiger partial charge in [-0.05, 0) is 48.8 Å². The van der Waals surface area contributed by atoms with Crippen molar-refractivity contribution < 1.29 is 9.53 Å². The Labute approximate surface area is 192 Å². The van der Waals surface area contributed by atoms with Gasteiger partial charge in [0.25, 0.3) is 0 Å². The van der Waals surface area contributed by atoms with Crippen LogP contribution in [-0.4, -0.2) is 39.2 Å². The van der Waals surface area contributed by atoms with Gasteiger partial charge in [0.05, 0.1) is 0 Å². The zero-order chi connectivity index (χ0) is 20.4. The SMILES string of the molecule is CCC(C)C(=O)Nc1cccc(CNC(=NC)NCC2(CCOC)CCC2)c1.I. The highest BCUT2D eigenvalue weighted by molar-refractivity contribution is 14.0. The van der Waals surface area contributed by atoms with Crippen LogP contribution >= 0.6 is 24.0 Å². The molecule has 0 aromatic heterocycles. The first-order valence-corrected chi connectivity index (χ1v) is 10.3. The predicted octanol–water partition coefficient (Wildman–Crippen LogP) is 4.16. The van der Waals surface area contributed by atoms with Gasteiger partial charge >= 0.3 is 0 Å². The molecule has 1 atom stereocenters. The van der Waals surface area contributed by atoms with Crippen molar-refractivity contribution in [2.24, 2.45) is 16.3 Å². The fourth-order valence-corrected chi connectivity index (χ4v) is 3.40. The summed E-state index contributed by atoms with van der Waals surface area (Å²) in [6.45, 7) is 6.34. The highest BCUT2D eigenvalue weighted by Crippen LogP contribution is 2.43. The van der Waals surface area contributed by atoms with Gasteiger partial charge in [0.1, 0.15) is 0 Å². The van der Waals surface area contributed by atoms with E-state index >= 15 is 0 Å². The van der Waals surface area contributed by atoms with Crippen molar-refractivity contribution in [3.8, 4) is 0 Å². The molecule has 6 nitrogen and oxygen atoms in total. The number of anilines is 1. The first-order valence-electron chi connectivity index (χ1n) is 10.3. The maximum Gasteiger partial charge on any atom is 0.227 e. The molecule has 1 aliphatic rings. The number of ether oxygens (including phenoxy) is 1. The second kappa shape index (κ2) is 13.1. The van der Waals surface area contributed by atoms with Gasteiger partial charge in [-0.3, -0.25) is 9.79 Å². The standard InChI is InChI=1S/C22H36N4O2.HI/c1-5-17(2)20(27)26-19-9-6-8-18(14-19)15-24-21(23-3)25-16-22(10-7-11-22)12-13-28-4;/h6,8-9,14,17H,5,7,10-13,15-16H2,1-4H3,(H,26,27)(H2,23,24,25);1H. The number of carbonyl (C=O) groups excluding carboxylic acids is 1. The Hall–Kier alpha value is -1.35. The monoisotopic (exact) mass is 516 g/mol. The van der Waals surface area contributed by atoms with Crippen molar-refractivity contribution in [3.05, 3.63) is 29.8 Å². The quantitative estimate of drug-likeness (QED) is 0.248. The van der Waals surface area contributed by atoms with E-state index in [2.05, 4.69) is 20.9 Å². The number of nitrogens with zero attached hydrogens (tertiary/aromatic N) is 1. The highest BCUT2D eigenvalue weighted by atomic mass is 127. The Bertz CT molecular complexity index is 662. The normalized spacial score (nSPS) is 16.2. The van der Waals surface area contributed by atoms with Gasteiger partial charge in [0, 0.05) is 45.5 Å². The van der Waals surface area contributed by atoms with Crippen molar-refractivity contribution in [1.82, 2.24) is 10.6 Å². The van der Waals surface area contributed by atoms with Crippen molar-refractivity contribution >= 4 is 41.5 Å². The third-order valence-corrected chi connectivity index (χ3v) is 5.82. The Morgan fingerprint density at radius 2 is 2.07 bits per heavy atom. The molecule has 0 bridgehead atoms. The minimum Gasteiger partial charge on any atom is -0.385 e. The zero-order valence-corrected chi connectivity index (χ0v) is 20.5. The number of amides is 1. The average Bonchev–Trinajstić information content (AvgIpc) is 2.68. The van der Waals surface area contributed by atoms with Crippen LogP contribution in [0.2, 0.25) is 0 Å². The van der Waals surface area contributed by atoms with Crippen LogP contribution in [0, 0.1) is 11.3 Å². The number of guanidine groups is 1. The molecule has 1 amide bonds. The third-order valence-electron chi connectivity index (χ3n) is 5.82. The van der Waals surface area contributed by atoms with Crippen LogP contribution in [0.3, 0.4) is 0 Å². The summed E-state index contributed by atoms with van der Waals surface area (Å²) in [6.07, 6.45) is 5.72. The summed E-state index contributed by atoms with van der Waals surface area (Å²) in [7, 11) is 3.56. The molecular weight excluding hydrogens is 479 g/mol. The number of methoxy groups -OCH3 is 1. The van der Waals surface area contributed by atoms with Crippen molar-refractivity contribution in [3.63, 3.8) is 0 Å². The van der Waals surface area contributed by atoms with Gasteiger partial charge in [-0.25, -0.2) is 0 Å². The van der Waals surface area contributed by atoms with Crippen LogP contribution < -0.4 is 16.0 Å². The summed E-state index contributed by atoms with van der Waals surface area (Å²) >= 11 is 0. The van der Waals surface area contributed by atoms with E-state index in [4.69, 9.17) is 4.74 Å². The number of aliphatic imine (C=N–C) groups is 1. The topological polar surface area (TPSA) is 74.8 Å². The predicted molar refractivity (Wildman–Crippen MR) is 131 cm³/mol. The van der Waals surface area contributed by atoms with Crippen LogP contribution in [0.1, 0.15) is 51.5 Å². The Balaban J connectivity index is 0.00000420. The second-order valence-corrected chi connectivity index (χ2v) is 7.87. The number of hydrogen-bond donors (Lipinski definition) is 3. The number of benzene rings is 1. The van der Waals surface area contributed by atoms with Gasteiger partial charge in [0.15, 0.2) is 5.96 Å². The van der Waals surface area contributed by atoms with Gasteiger partial charge in [-0.1, -0.05) is 32.4 Å². The Kier molecular flexibility index (Phi) is 11.6. The maximum atomic E-state index is 12.1. The largest absolute Gasteiger partial charge is 0.385 e. The van der Waals surface area contributed by atoms with Crippen LogP contribution in [0.15, 0.2) is 29.3 Å². The first kappa shape index (κ1) is 25.7. The van der Waals surface area contributed by atoms with Crippen LogP contribution in [-0.2, 0) is 16.1 Å². The highest BCUT2D eigenvalue weighted by Gasteiger charge is 2.36. The molecule has 7 heteroatoms. The first-order chi connectivity index (χ1) is 13.5. The lowest BCUT2D eigenvalue weighted by atomic mass is 9.67. The third kappa shape index (κ3) is 8.12. The van der Waals surface area contributed by atoms with E-state index in [9.17, 15) is 4.79 Å². The molecule has 0 saturated heterocycles. The fourth-order valence-electron chi connectivity index (χ4n) is 3.40. The van der Waals surface area contributed by atoms with Gasteiger partial charge in [-0.2, -0.15) is 0 Å². The van der Waals surface area contributed by atoms with E-state index in [1.807, 2.05) is 38.1 Å². The lowest BCUT2D eigenvalue weighted by Gasteiger charge is -2.42. The minimum absolute atomic E-state index is 0. The van der Waals surface area contributed by atoms with Crippen LogP contribution in [0.4, 0.5) is 5.69 Å². The van der Waals surface area contributed by atoms with Crippen molar-refractivity contribution in [1.29, 1.82) is 0 Å². The molecule has 2 rings (SSSR count). The fraction of sp³-hybridized carbons (Fsp3) is 0.636. The molecule has 3 N–H and O–H groups in total. The summed E-state index contributed by atoms with van der Waals surface area (Å²) in [5.74, 6) is 0.881. The van der Waals surface area contributed by atoms with E-state index in [0.29, 0.717) is 12.0 Å². The molecule has 1 unspecified atom stereocenters. The molecule has 164 valence electrons. The number of nitrogens with one attached hydrogen (secondary N) is 3. The summed E-state index contributed by atoms with van der Waals surface area (Å²) in [5.41, 5.74) is 2.27. The molecular formula is C22H37IN4O2. The van der Waals surface area contributed by atoms with Gasteiger partial charge in [0.2, 0.25) is 5.91 Å². The summed E-state index contributed by atoms with van der Waals surface area (Å²) < 4.78 is 5.27. The van der Waals surface area contributed by atoms with Gasteiger partial charge < -0.3 is 20.7 Å². The van der Waals surface area contributed by atoms with Crippen molar-refractivity contribution in [2.45, 2.75) is 52.5 Å². The van der Waals surface area contributed by atoms with E-state index in [1.165, 1.54) is 19.3 Å². The summed E-state index contributed by atoms with van der Waals surface area (Å²) in [5, 5.41) is 9.84. The number of carbonyl (C=O) groups is 1. The zero-order valence-electron chi connectivity index (χ0n) is 18.2. The van der Waals surface area contributed by atoms with Crippen molar-refractivity contribution in [2.75, 3.05) is 32.6 Å². The number of rotatable bonds is 10. The Morgan fingerprint density at radius 3 is 2.66 bits per heavy atom. The lowest BCUT2D eigenvalue weighted by molar-refractivity contribution is -0.119. The molecule has 0 aliphatic heterocycles. The van der Waals surface area contributed by atoms with E-state index < -0.39 is 0 Å².